The Morgan fingerprint density at radius 1 is 1.86 bits per heavy atom. The van der Waals surface area contributed by atoms with Crippen molar-refractivity contribution in [3.05, 3.63) is 0 Å². The zero-order valence-electron chi connectivity index (χ0n) is 3.76. The van der Waals surface area contributed by atoms with E-state index in [0.29, 0.717) is 9.52 Å². The average Bonchev–Trinajstić information content (AvgIpc) is 1.85. The molecule has 0 N–H and O–H groups in total. The van der Waals surface area contributed by atoms with Crippen molar-refractivity contribution in [3.8, 4) is 0 Å². The summed E-state index contributed by atoms with van der Waals surface area (Å²) in [6.07, 6.45) is 3.34. The van der Waals surface area contributed by atoms with Crippen LogP contribution in [0.1, 0.15) is 6.42 Å². The number of rotatable bonds is 0. The molecule has 0 aromatic heterocycles. The van der Waals surface area contributed by atoms with Gasteiger partial charge in [-0.15, -0.1) is 9.52 Å². The van der Waals surface area contributed by atoms with Crippen molar-refractivity contribution in [3.63, 3.8) is 0 Å². The molecule has 0 aromatic carbocycles. The SMILES string of the molecule is C1=NSS2=C1CC2. The number of hydrogen-bond acceptors (Lipinski definition) is 2. The summed E-state index contributed by atoms with van der Waals surface area (Å²) in [5.74, 6) is 1.39. The molecular formula is C4H5NS2. The zero-order valence-corrected chi connectivity index (χ0v) is 5.39. The van der Waals surface area contributed by atoms with E-state index in [0.717, 1.165) is 0 Å². The van der Waals surface area contributed by atoms with Crippen molar-refractivity contribution in [1.82, 2.24) is 0 Å². The summed E-state index contributed by atoms with van der Waals surface area (Å²) in [7, 11) is 2.33. The molecule has 38 valence electrons. The Kier molecular flexibility index (Phi) is 0.804. The lowest BCUT2D eigenvalue weighted by Gasteiger charge is -2.12. The van der Waals surface area contributed by atoms with Crippen LogP contribution in [0.25, 0.3) is 0 Å². The average molecular weight is 131 g/mol. The minimum absolute atomic E-state index is 0.574. The summed E-state index contributed by atoms with van der Waals surface area (Å²) in [5.41, 5.74) is 0. The summed E-state index contributed by atoms with van der Waals surface area (Å²) in [5, 5.41) is 0. The van der Waals surface area contributed by atoms with Gasteiger partial charge in [-0.3, -0.25) is 0 Å². The molecule has 3 heteroatoms. The molecule has 0 saturated heterocycles. The van der Waals surface area contributed by atoms with E-state index in [9.17, 15) is 0 Å². The maximum absolute atomic E-state index is 4.07. The van der Waals surface area contributed by atoms with E-state index in [1.807, 2.05) is 6.21 Å². The molecule has 0 aliphatic carbocycles. The Hall–Kier alpha value is 0.240. The molecule has 0 aromatic rings. The van der Waals surface area contributed by atoms with Crippen molar-refractivity contribution >= 4 is 31.6 Å². The highest BCUT2D eigenvalue weighted by molar-refractivity contribution is 8.84. The normalized spacial score (nSPS) is 35.4. The molecule has 7 heavy (non-hydrogen) atoms. The first-order chi connectivity index (χ1) is 3.47. The second kappa shape index (κ2) is 1.36. The molecule has 0 spiro atoms. The van der Waals surface area contributed by atoms with Crippen molar-refractivity contribution < 1.29 is 0 Å². The Balaban J connectivity index is 2.41. The predicted molar refractivity (Wildman–Crippen MR) is 38.2 cm³/mol. The van der Waals surface area contributed by atoms with E-state index in [2.05, 4.69) is 4.40 Å². The van der Waals surface area contributed by atoms with E-state index in [4.69, 9.17) is 0 Å². The Bertz CT molecular complexity index is 159. The van der Waals surface area contributed by atoms with Crippen LogP contribution < -0.4 is 0 Å². The summed E-state index contributed by atoms with van der Waals surface area (Å²) in [6.45, 7) is 0. The molecule has 2 aliphatic heterocycles. The largest absolute Gasteiger partial charge is 0.213 e. The van der Waals surface area contributed by atoms with Crippen LogP contribution in [0.5, 0.6) is 0 Å². The minimum atomic E-state index is 0.574. The van der Waals surface area contributed by atoms with Crippen molar-refractivity contribution in [1.29, 1.82) is 0 Å². The summed E-state index contributed by atoms with van der Waals surface area (Å²) < 4.78 is 4.07. The first-order valence-electron chi connectivity index (χ1n) is 2.24. The van der Waals surface area contributed by atoms with Gasteiger partial charge in [-0.1, -0.05) is 0 Å². The lowest BCUT2D eigenvalue weighted by Crippen LogP contribution is -2.08. The van der Waals surface area contributed by atoms with Gasteiger partial charge in [0.1, 0.15) is 0 Å². The number of nitrogens with zero attached hydrogens (tertiary/aromatic N) is 1. The Morgan fingerprint density at radius 2 is 2.86 bits per heavy atom. The van der Waals surface area contributed by atoms with Crippen molar-refractivity contribution in [2.24, 2.45) is 4.40 Å². The highest BCUT2D eigenvalue weighted by atomic mass is 33.1. The fraction of sp³-hybridized carbons (Fsp3) is 0.500. The highest BCUT2D eigenvalue weighted by Gasteiger charge is 2.18. The van der Waals surface area contributed by atoms with Gasteiger partial charge in [-0.25, -0.2) is 4.40 Å². The molecule has 0 amide bonds. The minimum Gasteiger partial charge on any atom is -0.213 e. The van der Waals surface area contributed by atoms with Gasteiger partial charge in [-0.05, 0) is 6.42 Å². The molecule has 2 aliphatic rings. The van der Waals surface area contributed by atoms with Crippen LogP contribution in [0.4, 0.5) is 0 Å². The molecule has 1 unspecified atom stereocenters. The van der Waals surface area contributed by atoms with Gasteiger partial charge >= 0.3 is 0 Å². The van der Waals surface area contributed by atoms with Crippen LogP contribution in [0.15, 0.2) is 4.40 Å². The molecule has 2 rings (SSSR count). The maximum Gasteiger partial charge on any atom is 0.0457 e. The van der Waals surface area contributed by atoms with Crippen LogP contribution in [0.3, 0.4) is 0 Å². The lowest BCUT2D eigenvalue weighted by atomic mass is 10.3. The predicted octanol–water partition coefficient (Wildman–Crippen LogP) is 1.48. The summed E-state index contributed by atoms with van der Waals surface area (Å²) in [6, 6.07) is 0. The van der Waals surface area contributed by atoms with Crippen molar-refractivity contribution in [2.75, 3.05) is 5.75 Å². The van der Waals surface area contributed by atoms with E-state index in [1.165, 1.54) is 12.2 Å². The van der Waals surface area contributed by atoms with Crippen LogP contribution >= 0.6 is 20.5 Å². The third kappa shape index (κ3) is 0.483. The first kappa shape index (κ1) is 4.15. The fourth-order valence-electron chi connectivity index (χ4n) is 0.644. The maximum atomic E-state index is 4.07. The third-order valence-electron chi connectivity index (χ3n) is 1.16. The van der Waals surface area contributed by atoms with Gasteiger partial charge in [-0.2, -0.15) is 0 Å². The van der Waals surface area contributed by atoms with Crippen molar-refractivity contribution in [2.45, 2.75) is 6.42 Å². The molecule has 1 nitrogen and oxygen atoms in total. The number of hydrogen-bond donors (Lipinski definition) is 0. The first-order valence-corrected chi connectivity index (χ1v) is 4.93. The van der Waals surface area contributed by atoms with Crippen LogP contribution in [0, 0.1) is 0 Å². The van der Waals surface area contributed by atoms with Gasteiger partial charge in [0.15, 0.2) is 0 Å². The van der Waals surface area contributed by atoms with Gasteiger partial charge in [0, 0.05) is 27.8 Å². The third-order valence-corrected chi connectivity index (χ3v) is 4.94. The van der Waals surface area contributed by atoms with Crippen LogP contribution in [-0.4, -0.2) is 16.8 Å². The van der Waals surface area contributed by atoms with E-state index < -0.39 is 0 Å². The topological polar surface area (TPSA) is 12.4 Å². The standard InChI is InChI=1S/C4H5NS2/c1-2-7-4(1)3-5-6-7/h3H,1-2H2. The highest BCUT2D eigenvalue weighted by Crippen LogP contribution is 2.44. The second-order valence-electron chi connectivity index (χ2n) is 1.58. The van der Waals surface area contributed by atoms with E-state index in [-0.39, 0.29) is 0 Å². The molecule has 2 heterocycles. The summed E-state index contributed by atoms with van der Waals surface area (Å²) in [4.78, 5) is 1.59. The Labute approximate surface area is 48.7 Å². The van der Waals surface area contributed by atoms with Gasteiger partial charge in [0.2, 0.25) is 0 Å². The lowest BCUT2D eigenvalue weighted by molar-refractivity contribution is 1.34. The second-order valence-corrected chi connectivity index (χ2v) is 5.21. The molecule has 0 saturated carbocycles. The van der Waals surface area contributed by atoms with E-state index in [1.54, 1.807) is 15.8 Å². The quantitative estimate of drug-likeness (QED) is 0.275. The molecular weight excluding hydrogens is 126 g/mol. The molecule has 0 fully saturated rings. The van der Waals surface area contributed by atoms with E-state index >= 15 is 0 Å². The molecule has 1 atom stereocenters. The zero-order chi connectivity index (χ0) is 4.69. The van der Waals surface area contributed by atoms with Gasteiger partial charge in [0.05, 0.1) is 0 Å². The van der Waals surface area contributed by atoms with Crippen LogP contribution in [0.2, 0.25) is 0 Å². The molecule has 0 radical (unpaired) electrons. The Morgan fingerprint density at radius 3 is 3.14 bits per heavy atom. The smallest absolute Gasteiger partial charge is 0.0457 e. The summed E-state index contributed by atoms with van der Waals surface area (Å²) >= 11 is 0. The molecule has 0 bridgehead atoms. The van der Waals surface area contributed by atoms with Gasteiger partial charge < -0.3 is 0 Å². The van der Waals surface area contributed by atoms with Gasteiger partial charge in [0.25, 0.3) is 0 Å². The van der Waals surface area contributed by atoms with Crippen LogP contribution in [-0.2, 0) is 0 Å². The monoisotopic (exact) mass is 131 g/mol. The fourth-order valence-corrected chi connectivity index (χ4v) is 3.51.